The Labute approximate surface area is 195 Å². The maximum atomic E-state index is 10.2. The van der Waals surface area contributed by atoms with E-state index >= 15 is 0 Å². The lowest BCUT2D eigenvalue weighted by Gasteiger charge is -2.43. The summed E-state index contributed by atoms with van der Waals surface area (Å²) in [6.45, 7) is 10.4. The average Bonchev–Trinajstić information content (AvgIpc) is 3.48. The van der Waals surface area contributed by atoms with Gasteiger partial charge in [0.1, 0.15) is 0 Å². The van der Waals surface area contributed by atoms with Crippen LogP contribution in [-0.4, -0.2) is 33.1 Å². The average molecular weight is 441 g/mol. The molecule has 32 heavy (non-hydrogen) atoms. The monoisotopic (exact) mass is 440 g/mol. The third-order valence-electron chi connectivity index (χ3n) is 8.77. The molecule has 0 bridgehead atoms. The summed E-state index contributed by atoms with van der Waals surface area (Å²) >= 11 is 0. The van der Waals surface area contributed by atoms with Gasteiger partial charge in [-0.05, 0) is 106 Å². The van der Waals surface area contributed by atoms with E-state index in [0.717, 1.165) is 42.7 Å². The second kappa shape index (κ2) is 9.24. The number of hydrogen-bond donors (Lipinski definition) is 3. The van der Waals surface area contributed by atoms with Crippen LogP contribution in [0.2, 0.25) is 0 Å². The highest BCUT2D eigenvalue weighted by molar-refractivity contribution is 5.40. The van der Waals surface area contributed by atoms with Crippen LogP contribution in [0.15, 0.2) is 47.1 Å². The van der Waals surface area contributed by atoms with E-state index in [4.69, 9.17) is 0 Å². The van der Waals surface area contributed by atoms with Gasteiger partial charge in [-0.15, -0.1) is 0 Å². The normalized spacial score (nSPS) is 37.0. The Morgan fingerprint density at radius 3 is 2.69 bits per heavy atom. The van der Waals surface area contributed by atoms with E-state index in [1.54, 1.807) is 5.57 Å². The molecule has 3 heteroatoms. The fourth-order valence-corrected chi connectivity index (χ4v) is 6.79. The molecule has 0 aliphatic heterocycles. The minimum absolute atomic E-state index is 0.257. The molecule has 4 rings (SSSR count). The third kappa shape index (κ3) is 5.16. The van der Waals surface area contributed by atoms with Crippen LogP contribution in [0.25, 0.3) is 0 Å². The highest BCUT2D eigenvalue weighted by Gasteiger charge is 2.49. The zero-order valence-corrected chi connectivity index (χ0v) is 20.4. The lowest BCUT2D eigenvalue weighted by atomic mass is 9.61. The second-order valence-corrected chi connectivity index (χ2v) is 11.9. The van der Waals surface area contributed by atoms with Gasteiger partial charge in [0.05, 0.1) is 17.8 Å². The van der Waals surface area contributed by atoms with Crippen molar-refractivity contribution in [1.29, 1.82) is 0 Å². The van der Waals surface area contributed by atoms with E-state index in [0.29, 0.717) is 24.7 Å². The van der Waals surface area contributed by atoms with E-state index < -0.39 is 17.8 Å². The van der Waals surface area contributed by atoms with Gasteiger partial charge in [0.15, 0.2) is 0 Å². The molecule has 0 saturated heterocycles. The van der Waals surface area contributed by atoms with Gasteiger partial charge >= 0.3 is 0 Å². The minimum atomic E-state index is -0.622. The molecule has 3 saturated carbocycles. The molecule has 3 nitrogen and oxygen atoms in total. The van der Waals surface area contributed by atoms with Crippen molar-refractivity contribution in [2.45, 2.75) is 109 Å². The summed E-state index contributed by atoms with van der Waals surface area (Å²) < 4.78 is 0. The largest absolute Gasteiger partial charge is 0.393 e. The van der Waals surface area contributed by atoms with Crippen molar-refractivity contribution in [3.8, 4) is 0 Å². The van der Waals surface area contributed by atoms with Crippen LogP contribution in [0.1, 0.15) is 91.4 Å². The molecule has 4 aliphatic carbocycles. The van der Waals surface area contributed by atoms with Gasteiger partial charge in [-0.25, -0.2) is 0 Å². The van der Waals surface area contributed by atoms with Crippen LogP contribution in [-0.2, 0) is 0 Å². The highest BCUT2D eigenvalue weighted by Crippen LogP contribution is 2.60. The molecule has 0 radical (unpaired) electrons. The molecule has 3 N–H and O–H groups in total. The Balaban J connectivity index is 1.50. The SMILES string of the molecule is C=C1/C(=C/C=C2\CCC[C@]3(C)C([C@@H](CCCC(C)(C)O)C4CC4)=CC[C@@H]23)C[C@@H](O)C[C@@H]1O. The first-order valence-corrected chi connectivity index (χ1v) is 13.0. The maximum Gasteiger partial charge on any atom is 0.0811 e. The molecular weight excluding hydrogens is 396 g/mol. The summed E-state index contributed by atoms with van der Waals surface area (Å²) in [5, 5.41) is 30.4. The summed E-state index contributed by atoms with van der Waals surface area (Å²) in [5.41, 5.74) is 4.72. The Bertz CT molecular complexity index is 807. The number of rotatable bonds is 7. The van der Waals surface area contributed by atoms with Crippen LogP contribution in [0, 0.1) is 23.2 Å². The van der Waals surface area contributed by atoms with Crippen molar-refractivity contribution in [1.82, 2.24) is 0 Å². The molecule has 178 valence electrons. The number of hydrogen-bond acceptors (Lipinski definition) is 3. The topological polar surface area (TPSA) is 60.7 Å². The Morgan fingerprint density at radius 2 is 2.00 bits per heavy atom. The number of aliphatic hydroxyl groups excluding tert-OH is 2. The van der Waals surface area contributed by atoms with Crippen LogP contribution in [0.5, 0.6) is 0 Å². The summed E-state index contributed by atoms with van der Waals surface area (Å²) in [4.78, 5) is 0. The van der Waals surface area contributed by atoms with Crippen molar-refractivity contribution in [3.05, 3.63) is 47.1 Å². The first-order valence-electron chi connectivity index (χ1n) is 13.0. The molecule has 0 aromatic carbocycles. The molecule has 5 atom stereocenters. The zero-order chi connectivity index (χ0) is 23.1. The molecule has 3 fully saturated rings. The lowest BCUT2D eigenvalue weighted by molar-refractivity contribution is 0.0664. The Hall–Kier alpha value is -1.16. The van der Waals surface area contributed by atoms with Crippen LogP contribution in [0.3, 0.4) is 0 Å². The van der Waals surface area contributed by atoms with Crippen LogP contribution < -0.4 is 0 Å². The van der Waals surface area contributed by atoms with E-state index in [1.807, 2.05) is 13.8 Å². The molecule has 4 aliphatic rings. The lowest BCUT2D eigenvalue weighted by Crippen LogP contribution is -2.33. The summed E-state index contributed by atoms with van der Waals surface area (Å²) in [7, 11) is 0. The predicted molar refractivity (Wildman–Crippen MR) is 131 cm³/mol. The third-order valence-corrected chi connectivity index (χ3v) is 8.77. The van der Waals surface area contributed by atoms with Gasteiger partial charge in [-0.2, -0.15) is 0 Å². The first-order chi connectivity index (χ1) is 15.1. The predicted octanol–water partition coefficient (Wildman–Crippen LogP) is 6.01. The standard InChI is InChI=1S/C29H44O3/c1-19-22(17-23(30)18-27(19)31)12-11-21-7-5-16-29(4)25(21)13-14-26(29)24(20-9-10-20)8-6-15-28(2,3)32/h11-12,14,20,23-25,27,30-32H,1,5-10,13,15-18H2,2-4H3/b21-11+,22-12+/t23-,24+,25+,27+,29+/m1/s1. The highest BCUT2D eigenvalue weighted by atomic mass is 16.3. The quantitative estimate of drug-likeness (QED) is 0.425. The molecule has 0 spiro atoms. The summed E-state index contributed by atoms with van der Waals surface area (Å²) in [5.74, 6) is 2.11. The van der Waals surface area contributed by atoms with Crippen molar-refractivity contribution in [3.63, 3.8) is 0 Å². The molecular formula is C29H44O3. The number of fused-ring (bicyclic) bond motifs is 1. The number of aliphatic hydroxyl groups is 3. The van der Waals surface area contributed by atoms with Crippen molar-refractivity contribution in [2.75, 3.05) is 0 Å². The second-order valence-electron chi connectivity index (χ2n) is 11.9. The molecule has 0 heterocycles. The van der Waals surface area contributed by atoms with Gasteiger partial charge in [0.2, 0.25) is 0 Å². The van der Waals surface area contributed by atoms with Gasteiger partial charge in [-0.1, -0.05) is 49.3 Å². The summed E-state index contributed by atoms with van der Waals surface area (Å²) in [6, 6.07) is 0. The molecule has 0 aromatic heterocycles. The van der Waals surface area contributed by atoms with Gasteiger partial charge in [0, 0.05) is 6.42 Å². The molecule has 0 aromatic rings. The van der Waals surface area contributed by atoms with Gasteiger partial charge in [0.25, 0.3) is 0 Å². The van der Waals surface area contributed by atoms with Crippen molar-refractivity contribution >= 4 is 0 Å². The fourth-order valence-electron chi connectivity index (χ4n) is 6.79. The zero-order valence-electron chi connectivity index (χ0n) is 20.4. The van der Waals surface area contributed by atoms with Crippen molar-refractivity contribution in [2.24, 2.45) is 23.2 Å². The van der Waals surface area contributed by atoms with Crippen LogP contribution >= 0.6 is 0 Å². The molecule has 0 unspecified atom stereocenters. The minimum Gasteiger partial charge on any atom is -0.393 e. The maximum absolute atomic E-state index is 10.2. The number of allylic oxidation sites excluding steroid dienone is 5. The van der Waals surface area contributed by atoms with E-state index in [1.165, 1.54) is 37.7 Å². The smallest absolute Gasteiger partial charge is 0.0811 e. The Kier molecular flexibility index (Phi) is 6.92. The van der Waals surface area contributed by atoms with Gasteiger partial charge in [-0.3, -0.25) is 0 Å². The van der Waals surface area contributed by atoms with Crippen LogP contribution in [0.4, 0.5) is 0 Å². The van der Waals surface area contributed by atoms with Crippen molar-refractivity contribution < 1.29 is 15.3 Å². The molecule has 0 amide bonds. The summed E-state index contributed by atoms with van der Waals surface area (Å²) in [6.07, 6.45) is 17.6. The fraction of sp³-hybridized carbons (Fsp3) is 0.724. The first kappa shape index (κ1) is 24.0. The van der Waals surface area contributed by atoms with E-state index in [-0.39, 0.29) is 5.41 Å². The Morgan fingerprint density at radius 1 is 1.25 bits per heavy atom. The van der Waals surface area contributed by atoms with E-state index in [2.05, 4.69) is 31.7 Å². The van der Waals surface area contributed by atoms with E-state index in [9.17, 15) is 15.3 Å². The van der Waals surface area contributed by atoms with Gasteiger partial charge < -0.3 is 15.3 Å².